The van der Waals surface area contributed by atoms with Crippen LogP contribution in [-0.4, -0.2) is 35.7 Å². The number of carbonyl (C=O) groups excluding carboxylic acids is 1. The zero-order valence-corrected chi connectivity index (χ0v) is 21.3. The Morgan fingerprint density at radius 2 is 1.78 bits per heavy atom. The Hall–Kier alpha value is -3.80. The largest absolute Gasteiger partial charge is 0.497 e. The minimum absolute atomic E-state index is 0.0244. The van der Waals surface area contributed by atoms with Crippen molar-refractivity contribution in [2.45, 2.75) is 39.8 Å². The van der Waals surface area contributed by atoms with Crippen LogP contribution in [0.2, 0.25) is 0 Å². The lowest BCUT2D eigenvalue weighted by molar-refractivity contribution is -0.125. The van der Waals surface area contributed by atoms with Crippen LogP contribution in [0, 0.1) is 19.8 Å². The van der Waals surface area contributed by atoms with Crippen LogP contribution in [-0.2, 0) is 17.9 Å². The molecule has 0 bridgehead atoms. The first kappa shape index (κ1) is 23.9. The van der Waals surface area contributed by atoms with E-state index in [1.54, 1.807) is 7.11 Å². The van der Waals surface area contributed by atoms with E-state index in [1.165, 1.54) is 16.7 Å². The number of aromatic nitrogens is 2. The number of hydrogen-bond donors (Lipinski definition) is 1. The van der Waals surface area contributed by atoms with E-state index in [1.807, 2.05) is 30.3 Å². The van der Waals surface area contributed by atoms with E-state index in [2.05, 4.69) is 65.0 Å². The quantitative estimate of drug-likeness (QED) is 0.391. The van der Waals surface area contributed by atoms with E-state index in [9.17, 15) is 4.79 Å². The summed E-state index contributed by atoms with van der Waals surface area (Å²) in [5.74, 6) is 1.97. The number of para-hydroxylation sites is 2. The molecule has 0 spiro atoms. The van der Waals surface area contributed by atoms with Gasteiger partial charge >= 0.3 is 0 Å². The summed E-state index contributed by atoms with van der Waals surface area (Å²) in [6.45, 7) is 7.26. The average Bonchev–Trinajstić information content (AvgIpc) is 3.28. The molecular weight excluding hydrogens is 448 g/mol. The number of fused-ring (bicyclic) bond motifs is 1. The van der Waals surface area contributed by atoms with Gasteiger partial charge in [0.1, 0.15) is 5.75 Å². The molecule has 0 radical (unpaired) electrons. The van der Waals surface area contributed by atoms with Crippen LogP contribution in [0.4, 0.5) is 5.95 Å². The van der Waals surface area contributed by atoms with Gasteiger partial charge in [0.05, 0.1) is 24.7 Å². The Balaban J connectivity index is 1.28. The summed E-state index contributed by atoms with van der Waals surface area (Å²) in [4.78, 5) is 20.2. The highest BCUT2D eigenvalue weighted by Crippen LogP contribution is 2.29. The highest BCUT2D eigenvalue weighted by molar-refractivity contribution is 5.80. The number of methoxy groups -OCH3 is 1. The summed E-state index contributed by atoms with van der Waals surface area (Å²) in [7, 11) is 1.65. The molecule has 1 aliphatic rings. The highest BCUT2D eigenvalue weighted by atomic mass is 16.5. The van der Waals surface area contributed by atoms with Crippen molar-refractivity contribution in [1.82, 2.24) is 14.9 Å². The molecule has 0 aliphatic carbocycles. The second kappa shape index (κ2) is 10.4. The molecular formula is C30H34N4O2. The molecule has 0 unspecified atom stereocenters. The maximum atomic E-state index is 12.9. The van der Waals surface area contributed by atoms with Crippen molar-refractivity contribution in [3.05, 3.63) is 89.0 Å². The first-order valence-electron chi connectivity index (χ1n) is 12.7. The van der Waals surface area contributed by atoms with Crippen LogP contribution in [0.25, 0.3) is 11.0 Å². The van der Waals surface area contributed by atoms with Gasteiger partial charge in [-0.2, -0.15) is 0 Å². The second-order valence-electron chi connectivity index (χ2n) is 9.74. The zero-order chi connectivity index (χ0) is 25.1. The average molecular weight is 483 g/mol. The van der Waals surface area contributed by atoms with Crippen molar-refractivity contribution >= 4 is 22.9 Å². The first-order valence-corrected chi connectivity index (χ1v) is 12.7. The number of piperidine rings is 1. The van der Waals surface area contributed by atoms with Crippen LogP contribution in [0.15, 0.2) is 66.7 Å². The lowest BCUT2D eigenvalue weighted by Gasteiger charge is -2.32. The smallest absolute Gasteiger partial charge is 0.223 e. The normalized spacial score (nSPS) is 14.2. The molecule has 1 saturated heterocycles. The number of ether oxygens (including phenoxy) is 1. The van der Waals surface area contributed by atoms with Crippen molar-refractivity contribution < 1.29 is 9.53 Å². The van der Waals surface area contributed by atoms with E-state index in [-0.39, 0.29) is 11.8 Å². The molecule has 36 heavy (non-hydrogen) atoms. The van der Waals surface area contributed by atoms with Crippen molar-refractivity contribution in [2.75, 3.05) is 25.1 Å². The van der Waals surface area contributed by atoms with Crippen LogP contribution in [0.5, 0.6) is 5.75 Å². The number of carbonyl (C=O) groups is 1. The summed E-state index contributed by atoms with van der Waals surface area (Å²) < 4.78 is 7.54. The molecule has 1 N–H and O–H groups in total. The molecule has 3 aromatic carbocycles. The Morgan fingerprint density at radius 3 is 2.53 bits per heavy atom. The van der Waals surface area contributed by atoms with Gasteiger partial charge in [-0.3, -0.25) is 4.79 Å². The number of hydrogen-bond acceptors (Lipinski definition) is 4. The van der Waals surface area contributed by atoms with Gasteiger partial charge in [-0.05, 0) is 67.6 Å². The number of nitrogens with zero attached hydrogens (tertiary/aromatic N) is 3. The van der Waals surface area contributed by atoms with Gasteiger partial charge in [-0.1, -0.05) is 48.0 Å². The molecule has 186 valence electrons. The first-order chi connectivity index (χ1) is 17.5. The van der Waals surface area contributed by atoms with E-state index in [0.717, 1.165) is 60.8 Å². The number of anilines is 1. The zero-order valence-electron chi connectivity index (χ0n) is 21.3. The van der Waals surface area contributed by atoms with Gasteiger partial charge in [0.25, 0.3) is 0 Å². The summed E-state index contributed by atoms with van der Waals surface area (Å²) in [6, 6.07) is 22.8. The fraction of sp³-hybridized carbons (Fsp3) is 0.333. The molecule has 1 fully saturated rings. The Bertz CT molecular complexity index is 1350. The number of imidazole rings is 1. The molecule has 2 heterocycles. The van der Waals surface area contributed by atoms with Crippen LogP contribution >= 0.6 is 0 Å². The van der Waals surface area contributed by atoms with Crippen molar-refractivity contribution in [3.8, 4) is 5.75 Å². The number of rotatable bonds is 7. The van der Waals surface area contributed by atoms with E-state index in [0.29, 0.717) is 6.54 Å². The monoisotopic (exact) mass is 482 g/mol. The molecule has 6 heteroatoms. The third kappa shape index (κ3) is 5.08. The molecule has 4 aromatic rings. The van der Waals surface area contributed by atoms with Crippen LogP contribution in [0.3, 0.4) is 0 Å². The number of nitrogens with one attached hydrogen (secondary N) is 1. The Morgan fingerprint density at radius 1 is 1.03 bits per heavy atom. The lowest BCUT2D eigenvalue weighted by Crippen LogP contribution is -2.41. The fourth-order valence-corrected chi connectivity index (χ4v) is 5.02. The molecule has 6 nitrogen and oxygen atoms in total. The molecule has 0 saturated carbocycles. The topological polar surface area (TPSA) is 59.4 Å². The fourth-order valence-electron chi connectivity index (χ4n) is 5.02. The van der Waals surface area contributed by atoms with Crippen LogP contribution < -0.4 is 15.0 Å². The summed E-state index contributed by atoms with van der Waals surface area (Å²) in [5, 5.41) is 3.12. The minimum atomic E-state index is 0.0244. The molecule has 1 aliphatic heterocycles. The van der Waals surface area contributed by atoms with Gasteiger partial charge in [-0.25, -0.2) is 4.98 Å². The van der Waals surface area contributed by atoms with Gasteiger partial charge in [0.2, 0.25) is 11.9 Å². The number of amides is 1. The maximum absolute atomic E-state index is 12.9. The predicted molar refractivity (Wildman–Crippen MR) is 145 cm³/mol. The minimum Gasteiger partial charge on any atom is -0.497 e. The SMILES string of the molecule is COc1ccc(CNC(=O)C2CCN(c3nc4ccccc4n3Cc3cc(C)ccc3C)CC2)cc1. The standard InChI is InChI=1S/C30H34N4O2/c1-21-8-9-22(2)25(18-21)20-34-28-7-5-4-6-27(28)32-30(34)33-16-14-24(15-17-33)29(35)31-19-23-10-12-26(36-3)13-11-23/h4-13,18,24H,14-17,19-20H2,1-3H3,(H,31,35). The second-order valence-corrected chi connectivity index (χ2v) is 9.74. The maximum Gasteiger partial charge on any atom is 0.223 e. The van der Waals surface area contributed by atoms with Gasteiger partial charge in [0.15, 0.2) is 0 Å². The van der Waals surface area contributed by atoms with Gasteiger partial charge in [-0.15, -0.1) is 0 Å². The van der Waals surface area contributed by atoms with E-state index < -0.39 is 0 Å². The van der Waals surface area contributed by atoms with Crippen molar-refractivity contribution in [2.24, 2.45) is 5.92 Å². The Kier molecular flexibility index (Phi) is 6.94. The molecule has 1 aromatic heterocycles. The van der Waals surface area contributed by atoms with E-state index >= 15 is 0 Å². The highest BCUT2D eigenvalue weighted by Gasteiger charge is 2.27. The third-order valence-corrected chi connectivity index (χ3v) is 7.24. The molecule has 5 rings (SSSR count). The summed E-state index contributed by atoms with van der Waals surface area (Å²) in [5.41, 5.74) is 7.10. The molecule has 0 atom stereocenters. The van der Waals surface area contributed by atoms with Gasteiger partial charge < -0.3 is 19.5 Å². The van der Waals surface area contributed by atoms with Crippen molar-refractivity contribution in [1.29, 1.82) is 0 Å². The molecule has 1 amide bonds. The third-order valence-electron chi connectivity index (χ3n) is 7.24. The lowest BCUT2D eigenvalue weighted by atomic mass is 9.96. The predicted octanol–water partition coefficient (Wildman–Crippen LogP) is 5.24. The summed E-state index contributed by atoms with van der Waals surface area (Å²) >= 11 is 0. The Labute approximate surface area is 212 Å². The van der Waals surface area contributed by atoms with E-state index in [4.69, 9.17) is 9.72 Å². The summed E-state index contributed by atoms with van der Waals surface area (Å²) in [6.07, 6.45) is 1.64. The number of aryl methyl sites for hydroxylation is 2. The van der Waals surface area contributed by atoms with Gasteiger partial charge in [0, 0.05) is 25.6 Å². The number of benzene rings is 3. The van der Waals surface area contributed by atoms with Crippen LogP contribution in [0.1, 0.15) is 35.1 Å². The van der Waals surface area contributed by atoms with Crippen molar-refractivity contribution in [3.63, 3.8) is 0 Å².